The molecule has 1 atom stereocenters. The van der Waals surface area contributed by atoms with Crippen LogP contribution in [0.5, 0.6) is 0 Å². The van der Waals surface area contributed by atoms with Gasteiger partial charge in [-0.25, -0.2) is 9.78 Å². The van der Waals surface area contributed by atoms with E-state index < -0.39 is 5.41 Å². The summed E-state index contributed by atoms with van der Waals surface area (Å²) in [7, 11) is 0. The summed E-state index contributed by atoms with van der Waals surface area (Å²) in [6.07, 6.45) is 7.06. The van der Waals surface area contributed by atoms with Crippen LogP contribution in [-0.4, -0.2) is 57.8 Å². The van der Waals surface area contributed by atoms with Crippen LogP contribution < -0.4 is 5.32 Å². The molecule has 32 heavy (non-hydrogen) atoms. The van der Waals surface area contributed by atoms with Crippen molar-refractivity contribution in [2.75, 3.05) is 19.6 Å². The molecule has 2 amide bonds. The molecule has 170 valence electrons. The smallest absolute Gasteiger partial charge is 0.329 e. The topological polar surface area (TPSA) is 88.8 Å². The predicted octanol–water partition coefficient (Wildman–Crippen LogP) is 3.29. The first-order chi connectivity index (χ1) is 15.5. The first-order valence-corrected chi connectivity index (χ1v) is 11.3. The molecule has 0 spiro atoms. The van der Waals surface area contributed by atoms with Crippen molar-refractivity contribution >= 4 is 17.6 Å². The molecule has 2 aromatic rings. The van der Waals surface area contributed by atoms with E-state index in [2.05, 4.69) is 29.3 Å². The normalized spacial score (nSPS) is 20.0. The zero-order valence-corrected chi connectivity index (χ0v) is 18.7. The second-order valence-corrected chi connectivity index (χ2v) is 9.16. The molecule has 0 aliphatic carbocycles. The van der Waals surface area contributed by atoms with E-state index in [1.165, 1.54) is 10.9 Å². The number of imidazole rings is 1. The molecule has 8 heteroatoms. The van der Waals surface area contributed by atoms with Gasteiger partial charge in [-0.3, -0.25) is 9.36 Å². The van der Waals surface area contributed by atoms with Gasteiger partial charge < -0.3 is 15.1 Å². The minimum atomic E-state index is -0.576. The van der Waals surface area contributed by atoms with Gasteiger partial charge in [-0.15, -0.1) is 0 Å². The van der Waals surface area contributed by atoms with Crippen molar-refractivity contribution in [3.63, 3.8) is 0 Å². The number of piperidine rings is 1. The average molecular weight is 438 g/mol. The number of aromatic nitrogens is 2. The number of carbonyl (C=O) groups excluding carboxylic acids is 2. The Labute approximate surface area is 188 Å². The number of hydrogen-bond acceptors (Lipinski definition) is 5. The maximum Gasteiger partial charge on any atom is 0.329 e. The standard InChI is InChI=1S/C24H31N5O3/c1-18(2)16-26-22(30)24(8-11-28(12-9-24)23(31)29-13-10-25-17-29)15-20-14-21(27-32-20)19-6-4-3-5-7-19/h3-7,10,13,17-18,20H,8-9,11-12,14-16H2,1-2H3,(H,26,30). The van der Waals surface area contributed by atoms with Crippen LogP contribution in [0.15, 0.2) is 54.2 Å². The fraction of sp³-hybridized carbons (Fsp3) is 0.500. The van der Waals surface area contributed by atoms with Crippen molar-refractivity contribution in [2.24, 2.45) is 16.5 Å². The number of benzene rings is 1. The number of amides is 2. The maximum atomic E-state index is 13.3. The first-order valence-electron chi connectivity index (χ1n) is 11.3. The largest absolute Gasteiger partial charge is 0.392 e. The molecule has 2 aliphatic heterocycles. The predicted molar refractivity (Wildman–Crippen MR) is 121 cm³/mol. The van der Waals surface area contributed by atoms with Crippen molar-refractivity contribution in [3.8, 4) is 0 Å². The Bertz CT molecular complexity index is 947. The van der Waals surface area contributed by atoms with Gasteiger partial charge in [0, 0.05) is 44.9 Å². The third-order valence-electron chi connectivity index (χ3n) is 6.33. The Kier molecular flexibility index (Phi) is 6.58. The van der Waals surface area contributed by atoms with Crippen molar-refractivity contribution in [3.05, 3.63) is 54.6 Å². The van der Waals surface area contributed by atoms with Crippen LogP contribution in [0.1, 0.15) is 45.1 Å². The Morgan fingerprint density at radius 3 is 2.62 bits per heavy atom. The van der Waals surface area contributed by atoms with E-state index >= 15 is 0 Å². The lowest BCUT2D eigenvalue weighted by Gasteiger charge is -2.41. The highest BCUT2D eigenvalue weighted by Crippen LogP contribution is 2.39. The van der Waals surface area contributed by atoms with Crippen LogP contribution in [-0.2, 0) is 9.63 Å². The van der Waals surface area contributed by atoms with Gasteiger partial charge >= 0.3 is 6.03 Å². The molecular formula is C24H31N5O3. The molecular weight excluding hydrogens is 406 g/mol. The summed E-state index contributed by atoms with van der Waals surface area (Å²) in [6, 6.07) is 9.89. The van der Waals surface area contributed by atoms with E-state index in [0.717, 1.165) is 11.3 Å². The minimum Gasteiger partial charge on any atom is -0.392 e. The molecule has 2 aliphatic rings. The Hall–Kier alpha value is -3.16. The van der Waals surface area contributed by atoms with E-state index in [1.807, 2.05) is 30.3 Å². The van der Waals surface area contributed by atoms with Crippen molar-refractivity contribution < 1.29 is 14.4 Å². The molecule has 1 fully saturated rings. The zero-order valence-electron chi connectivity index (χ0n) is 18.7. The van der Waals surface area contributed by atoms with Crippen molar-refractivity contribution in [1.82, 2.24) is 19.8 Å². The second kappa shape index (κ2) is 9.54. The number of likely N-dealkylation sites (tertiary alicyclic amines) is 1. The lowest BCUT2D eigenvalue weighted by molar-refractivity contribution is -0.136. The number of rotatable bonds is 6. The molecule has 1 saturated heterocycles. The van der Waals surface area contributed by atoms with Gasteiger partial charge in [-0.05, 0) is 24.3 Å². The second-order valence-electron chi connectivity index (χ2n) is 9.16. The van der Waals surface area contributed by atoms with Gasteiger partial charge in [-0.2, -0.15) is 0 Å². The molecule has 1 N–H and O–H groups in total. The number of nitrogens with one attached hydrogen (secondary N) is 1. The lowest BCUT2D eigenvalue weighted by Crippen LogP contribution is -2.52. The number of hydrogen-bond donors (Lipinski definition) is 1. The Morgan fingerprint density at radius 2 is 1.97 bits per heavy atom. The van der Waals surface area contributed by atoms with Gasteiger partial charge in [0.2, 0.25) is 5.91 Å². The molecule has 0 bridgehead atoms. The summed E-state index contributed by atoms with van der Waals surface area (Å²) < 4.78 is 1.48. The van der Waals surface area contributed by atoms with Crippen molar-refractivity contribution in [1.29, 1.82) is 0 Å². The summed E-state index contributed by atoms with van der Waals surface area (Å²) in [5, 5.41) is 7.44. The highest BCUT2D eigenvalue weighted by Gasteiger charge is 2.45. The maximum absolute atomic E-state index is 13.3. The average Bonchev–Trinajstić information content (AvgIpc) is 3.50. The van der Waals surface area contributed by atoms with Crippen LogP contribution in [0.3, 0.4) is 0 Å². The molecule has 0 radical (unpaired) electrons. The number of nitrogens with zero attached hydrogens (tertiary/aromatic N) is 4. The first kappa shape index (κ1) is 22.0. The molecule has 1 aromatic heterocycles. The van der Waals surface area contributed by atoms with Gasteiger partial charge in [0.1, 0.15) is 12.4 Å². The van der Waals surface area contributed by atoms with Crippen LogP contribution in [0.4, 0.5) is 4.79 Å². The number of carbonyl (C=O) groups is 2. The zero-order chi connectivity index (χ0) is 22.6. The van der Waals surface area contributed by atoms with E-state index in [0.29, 0.717) is 51.2 Å². The molecule has 1 aromatic carbocycles. The van der Waals surface area contributed by atoms with Gasteiger partial charge in [0.05, 0.1) is 11.1 Å². The highest BCUT2D eigenvalue weighted by molar-refractivity contribution is 6.01. The Balaban J connectivity index is 1.44. The summed E-state index contributed by atoms with van der Waals surface area (Å²) in [5.41, 5.74) is 1.39. The van der Waals surface area contributed by atoms with E-state index in [-0.39, 0.29) is 18.0 Å². The fourth-order valence-electron chi connectivity index (χ4n) is 4.44. The third kappa shape index (κ3) is 4.84. The molecule has 1 unspecified atom stereocenters. The van der Waals surface area contributed by atoms with Crippen LogP contribution in [0.2, 0.25) is 0 Å². The highest BCUT2D eigenvalue weighted by atomic mass is 16.6. The van der Waals surface area contributed by atoms with Crippen LogP contribution >= 0.6 is 0 Å². The summed E-state index contributed by atoms with van der Waals surface area (Å²) in [6.45, 7) is 5.84. The molecule has 8 nitrogen and oxygen atoms in total. The quantitative estimate of drug-likeness (QED) is 0.751. The summed E-state index contributed by atoms with van der Waals surface area (Å²) in [5.74, 6) is 0.423. The summed E-state index contributed by atoms with van der Waals surface area (Å²) in [4.78, 5) is 37.6. The Morgan fingerprint density at radius 1 is 1.22 bits per heavy atom. The van der Waals surface area contributed by atoms with Crippen molar-refractivity contribution in [2.45, 2.75) is 45.6 Å². The minimum absolute atomic E-state index is 0.0534. The monoisotopic (exact) mass is 437 g/mol. The number of oxime groups is 1. The SMILES string of the molecule is CC(C)CNC(=O)C1(CC2CC(c3ccccc3)=NO2)CCN(C(=O)n2ccnc2)CC1. The van der Waals surface area contributed by atoms with Gasteiger partial charge in [-0.1, -0.05) is 49.3 Å². The molecule has 4 rings (SSSR count). The molecule has 3 heterocycles. The molecule has 0 saturated carbocycles. The summed E-state index contributed by atoms with van der Waals surface area (Å²) >= 11 is 0. The fourth-order valence-corrected chi connectivity index (χ4v) is 4.44. The van der Waals surface area contributed by atoms with Crippen LogP contribution in [0.25, 0.3) is 0 Å². The lowest BCUT2D eigenvalue weighted by atomic mass is 9.72. The van der Waals surface area contributed by atoms with Gasteiger partial charge in [0.25, 0.3) is 0 Å². The third-order valence-corrected chi connectivity index (χ3v) is 6.33. The van der Waals surface area contributed by atoms with Gasteiger partial charge in [0.15, 0.2) is 0 Å². The van der Waals surface area contributed by atoms with E-state index in [9.17, 15) is 9.59 Å². The van der Waals surface area contributed by atoms with E-state index in [4.69, 9.17) is 4.84 Å². The van der Waals surface area contributed by atoms with Crippen LogP contribution in [0, 0.1) is 11.3 Å². The van der Waals surface area contributed by atoms with E-state index in [1.54, 1.807) is 17.3 Å².